The van der Waals surface area contributed by atoms with Crippen LogP contribution in [0.1, 0.15) is 18.4 Å². The van der Waals surface area contributed by atoms with E-state index in [9.17, 15) is 14.7 Å². The number of carboxylic acid groups (broad SMARTS) is 1. The molecular formula is C31H31N3O5. The van der Waals surface area contributed by atoms with E-state index < -0.39 is 18.1 Å². The Balaban J connectivity index is 1.32. The number of hydrogen-bond donors (Lipinski definition) is 2. The molecule has 2 N–H and O–H groups in total. The first kappa shape index (κ1) is 26.0. The summed E-state index contributed by atoms with van der Waals surface area (Å²) >= 11 is 0. The summed E-state index contributed by atoms with van der Waals surface area (Å²) in [7, 11) is 3.21. The number of aliphatic carboxylic acids is 1. The first-order valence-electron chi connectivity index (χ1n) is 12.9. The van der Waals surface area contributed by atoms with E-state index in [1.54, 1.807) is 26.6 Å². The maximum absolute atomic E-state index is 13.4. The van der Waals surface area contributed by atoms with E-state index >= 15 is 0 Å². The molecule has 5 rings (SSSR count). The van der Waals surface area contributed by atoms with Crippen LogP contribution in [0.5, 0.6) is 11.5 Å². The second kappa shape index (κ2) is 11.4. The first-order valence-corrected chi connectivity index (χ1v) is 12.9. The molecule has 39 heavy (non-hydrogen) atoms. The molecule has 1 aliphatic heterocycles. The number of ether oxygens (including phenoxy) is 2. The van der Waals surface area contributed by atoms with E-state index in [0.29, 0.717) is 24.5 Å². The van der Waals surface area contributed by atoms with Gasteiger partial charge < -0.3 is 24.8 Å². The second-order valence-electron chi connectivity index (χ2n) is 9.57. The van der Waals surface area contributed by atoms with Crippen LogP contribution < -0.4 is 19.7 Å². The molecule has 200 valence electrons. The van der Waals surface area contributed by atoms with Crippen LogP contribution in [0.2, 0.25) is 0 Å². The van der Waals surface area contributed by atoms with Crippen LogP contribution in [0.4, 0.5) is 5.69 Å². The number of methoxy groups -OCH3 is 2. The Morgan fingerprint density at radius 3 is 2.41 bits per heavy atom. The maximum atomic E-state index is 13.4. The molecule has 3 aromatic carbocycles. The standard InChI is InChI=1S/C31H31N3O5/c1-38-27-10-5-11-28(39-2)29(27)21-14-12-20(13-15-21)17-24(31(36)37)33-30(35)25-9-6-16-34(25)26-19-32-18-22-7-3-4-8-23(22)26/h3-5,7-8,10-15,18-19,24-25H,6,9,16-17H2,1-2H3,(H,33,35)(H,36,37)/t24-,25+/m0/s1. The van der Waals surface area contributed by atoms with Gasteiger partial charge in [0.15, 0.2) is 0 Å². The maximum Gasteiger partial charge on any atom is 0.326 e. The molecule has 8 nitrogen and oxygen atoms in total. The lowest BCUT2D eigenvalue weighted by atomic mass is 9.99. The number of amides is 1. The average Bonchev–Trinajstić information content (AvgIpc) is 3.46. The van der Waals surface area contributed by atoms with Crippen LogP contribution in [0.3, 0.4) is 0 Å². The van der Waals surface area contributed by atoms with Gasteiger partial charge >= 0.3 is 5.97 Å². The van der Waals surface area contributed by atoms with E-state index in [4.69, 9.17) is 9.47 Å². The van der Waals surface area contributed by atoms with E-state index in [0.717, 1.165) is 39.6 Å². The molecule has 0 aliphatic carbocycles. The predicted molar refractivity (Wildman–Crippen MR) is 150 cm³/mol. The Hall–Kier alpha value is -4.59. The summed E-state index contributed by atoms with van der Waals surface area (Å²) in [6.45, 7) is 0.708. The predicted octanol–water partition coefficient (Wildman–Crippen LogP) is 4.70. The van der Waals surface area contributed by atoms with Gasteiger partial charge in [-0.1, -0.05) is 54.6 Å². The number of nitrogens with one attached hydrogen (secondary N) is 1. The fourth-order valence-corrected chi connectivity index (χ4v) is 5.30. The summed E-state index contributed by atoms with van der Waals surface area (Å²) < 4.78 is 11.0. The van der Waals surface area contributed by atoms with Crippen molar-refractivity contribution in [2.75, 3.05) is 25.7 Å². The number of fused-ring (bicyclic) bond motifs is 1. The van der Waals surface area contributed by atoms with Crippen LogP contribution in [-0.4, -0.2) is 54.8 Å². The smallest absolute Gasteiger partial charge is 0.326 e. The topological polar surface area (TPSA) is 101 Å². The van der Waals surface area contributed by atoms with Gasteiger partial charge in [-0.2, -0.15) is 0 Å². The Morgan fingerprint density at radius 2 is 1.72 bits per heavy atom. The zero-order valence-corrected chi connectivity index (χ0v) is 22.0. The normalized spacial score (nSPS) is 15.6. The van der Waals surface area contributed by atoms with Gasteiger partial charge in [0.2, 0.25) is 5.91 Å². The van der Waals surface area contributed by atoms with Crippen molar-refractivity contribution in [3.05, 3.63) is 84.7 Å². The van der Waals surface area contributed by atoms with Crippen molar-refractivity contribution in [2.45, 2.75) is 31.3 Å². The number of carboxylic acids is 1. The molecule has 4 aromatic rings. The highest BCUT2D eigenvalue weighted by Gasteiger charge is 2.34. The van der Waals surface area contributed by atoms with Gasteiger partial charge in [-0.15, -0.1) is 0 Å². The van der Waals surface area contributed by atoms with E-state index in [1.165, 1.54) is 0 Å². The number of rotatable bonds is 9. The van der Waals surface area contributed by atoms with Crippen molar-refractivity contribution in [3.63, 3.8) is 0 Å². The third-order valence-electron chi connectivity index (χ3n) is 7.24. The van der Waals surface area contributed by atoms with E-state index in [-0.39, 0.29) is 12.3 Å². The Kier molecular flexibility index (Phi) is 7.63. The highest BCUT2D eigenvalue weighted by Crippen LogP contribution is 2.38. The van der Waals surface area contributed by atoms with Crippen molar-refractivity contribution in [2.24, 2.45) is 0 Å². The highest BCUT2D eigenvalue weighted by molar-refractivity contribution is 5.97. The summed E-state index contributed by atoms with van der Waals surface area (Å²) in [6, 6.07) is 19.5. The number of benzene rings is 3. The fraction of sp³-hybridized carbons (Fsp3) is 0.258. The quantitative estimate of drug-likeness (QED) is 0.327. The van der Waals surface area contributed by atoms with Crippen molar-refractivity contribution in [1.29, 1.82) is 0 Å². The summed E-state index contributed by atoms with van der Waals surface area (Å²) in [5.74, 6) is -0.000937. The summed E-state index contributed by atoms with van der Waals surface area (Å²) in [5.41, 5.74) is 3.39. The van der Waals surface area contributed by atoms with Crippen molar-refractivity contribution in [1.82, 2.24) is 10.3 Å². The minimum atomic E-state index is -1.07. The molecule has 0 radical (unpaired) electrons. The number of pyridine rings is 1. The molecule has 1 amide bonds. The van der Waals surface area contributed by atoms with E-state index in [1.807, 2.05) is 71.6 Å². The molecule has 1 saturated heterocycles. The number of aromatic nitrogens is 1. The fourth-order valence-electron chi connectivity index (χ4n) is 5.30. The molecule has 0 spiro atoms. The van der Waals surface area contributed by atoms with Gasteiger partial charge in [0.25, 0.3) is 0 Å². The van der Waals surface area contributed by atoms with Gasteiger partial charge in [0.05, 0.1) is 31.7 Å². The van der Waals surface area contributed by atoms with Gasteiger partial charge in [-0.05, 0) is 36.1 Å². The average molecular weight is 526 g/mol. The first-order chi connectivity index (χ1) is 19.0. The van der Waals surface area contributed by atoms with Crippen LogP contribution in [0, 0.1) is 0 Å². The molecule has 8 heteroatoms. The van der Waals surface area contributed by atoms with Crippen LogP contribution >= 0.6 is 0 Å². The largest absolute Gasteiger partial charge is 0.496 e. The number of carbonyl (C=O) groups excluding carboxylic acids is 1. The number of carbonyl (C=O) groups is 2. The monoisotopic (exact) mass is 525 g/mol. The van der Waals surface area contributed by atoms with Crippen LogP contribution in [-0.2, 0) is 16.0 Å². The zero-order valence-electron chi connectivity index (χ0n) is 22.0. The van der Waals surface area contributed by atoms with Gasteiger partial charge in [-0.25, -0.2) is 4.79 Å². The van der Waals surface area contributed by atoms with Gasteiger partial charge in [-0.3, -0.25) is 9.78 Å². The third-order valence-corrected chi connectivity index (χ3v) is 7.24. The SMILES string of the molecule is COc1cccc(OC)c1-c1ccc(C[C@H](NC(=O)[C@H]2CCCN2c2cncc3ccccc23)C(=O)O)cc1. The lowest BCUT2D eigenvalue weighted by molar-refractivity contribution is -0.141. The minimum Gasteiger partial charge on any atom is -0.496 e. The molecule has 2 heterocycles. The molecule has 0 unspecified atom stereocenters. The van der Waals surface area contributed by atoms with Crippen LogP contribution in [0.15, 0.2) is 79.1 Å². The van der Waals surface area contributed by atoms with Gasteiger partial charge in [0.1, 0.15) is 23.6 Å². The molecule has 0 bridgehead atoms. The highest BCUT2D eigenvalue weighted by atomic mass is 16.5. The van der Waals surface area contributed by atoms with E-state index in [2.05, 4.69) is 10.3 Å². The molecule has 2 atom stereocenters. The third kappa shape index (κ3) is 5.36. The molecular weight excluding hydrogens is 494 g/mol. The zero-order chi connectivity index (χ0) is 27.4. The molecule has 1 aliphatic rings. The number of anilines is 1. The molecule has 0 saturated carbocycles. The Morgan fingerprint density at radius 1 is 1.00 bits per heavy atom. The lowest BCUT2D eigenvalue weighted by Gasteiger charge is -2.28. The summed E-state index contributed by atoms with van der Waals surface area (Å²) in [6.07, 6.45) is 5.23. The summed E-state index contributed by atoms with van der Waals surface area (Å²) in [4.78, 5) is 32.0. The van der Waals surface area contributed by atoms with Crippen molar-refractivity contribution >= 4 is 28.3 Å². The Labute approximate surface area is 227 Å². The number of hydrogen-bond acceptors (Lipinski definition) is 6. The molecule has 1 fully saturated rings. The second-order valence-corrected chi connectivity index (χ2v) is 9.57. The van der Waals surface area contributed by atoms with Crippen LogP contribution in [0.25, 0.3) is 21.9 Å². The van der Waals surface area contributed by atoms with Crippen molar-refractivity contribution in [3.8, 4) is 22.6 Å². The van der Waals surface area contributed by atoms with Crippen molar-refractivity contribution < 1.29 is 24.2 Å². The number of nitrogens with zero attached hydrogens (tertiary/aromatic N) is 2. The lowest BCUT2D eigenvalue weighted by Crippen LogP contribution is -2.50. The Bertz CT molecular complexity index is 1460. The van der Waals surface area contributed by atoms with Gasteiger partial charge in [0, 0.05) is 29.9 Å². The summed E-state index contributed by atoms with van der Waals surface area (Å²) in [5, 5.41) is 14.8. The molecule has 1 aromatic heterocycles. The minimum absolute atomic E-state index is 0.160.